The van der Waals surface area contributed by atoms with E-state index in [0.29, 0.717) is 6.42 Å². The van der Waals surface area contributed by atoms with Gasteiger partial charge in [-0.25, -0.2) is 9.78 Å². The van der Waals surface area contributed by atoms with Crippen molar-refractivity contribution in [1.29, 1.82) is 0 Å². The van der Waals surface area contributed by atoms with E-state index in [0.717, 1.165) is 12.3 Å². The summed E-state index contributed by atoms with van der Waals surface area (Å²) >= 11 is 0. The molecule has 0 unspecified atom stereocenters. The second-order valence-corrected chi connectivity index (χ2v) is 5.05. The van der Waals surface area contributed by atoms with Crippen molar-refractivity contribution in [2.24, 2.45) is 5.41 Å². The molecule has 114 valence electrons. The molecule has 0 saturated heterocycles. The number of hydrogen-bond acceptors (Lipinski definition) is 3. The Kier molecular flexibility index (Phi) is 3.89. The third kappa shape index (κ3) is 2.98. The summed E-state index contributed by atoms with van der Waals surface area (Å²) in [7, 11) is 0. The van der Waals surface area contributed by atoms with Gasteiger partial charge >= 0.3 is 12.1 Å². The van der Waals surface area contributed by atoms with Gasteiger partial charge < -0.3 is 10.4 Å². The van der Waals surface area contributed by atoms with Gasteiger partial charge in [0.15, 0.2) is 0 Å². The Bertz CT molecular complexity index is 551. The van der Waals surface area contributed by atoms with Crippen LogP contribution < -0.4 is 5.32 Å². The number of hydrogen-bond donors (Lipinski definition) is 2. The van der Waals surface area contributed by atoms with Crippen LogP contribution in [0.4, 0.5) is 13.2 Å². The number of pyridine rings is 1. The lowest BCUT2D eigenvalue weighted by Crippen LogP contribution is -2.51. The van der Waals surface area contributed by atoms with Crippen molar-refractivity contribution in [1.82, 2.24) is 10.3 Å². The van der Waals surface area contributed by atoms with Crippen LogP contribution in [-0.2, 0) is 0 Å². The van der Waals surface area contributed by atoms with Crippen LogP contribution in [0.5, 0.6) is 0 Å². The first-order chi connectivity index (χ1) is 9.75. The molecule has 8 heteroatoms. The van der Waals surface area contributed by atoms with E-state index in [2.05, 4.69) is 10.3 Å². The Balaban J connectivity index is 2.00. The molecular formula is C13H13F3N2O3. The number of rotatable bonds is 4. The number of carbonyl (C=O) groups excluding carboxylic acids is 1. The van der Waals surface area contributed by atoms with Crippen LogP contribution in [0, 0.1) is 5.41 Å². The van der Waals surface area contributed by atoms with Crippen LogP contribution >= 0.6 is 0 Å². The van der Waals surface area contributed by atoms with Gasteiger partial charge in [0.2, 0.25) is 0 Å². The Morgan fingerprint density at radius 1 is 1.33 bits per heavy atom. The Morgan fingerprint density at radius 3 is 2.38 bits per heavy atom. The van der Waals surface area contributed by atoms with Gasteiger partial charge in [-0.3, -0.25) is 4.79 Å². The molecule has 2 rings (SSSR count). The molecule has 0 aliphatic heterocycles. The third-order valence-electron chi connectivity index (χ3n) is 3.74. The van der Waals surface area contributed by atoms with Crippen molar-refractivity contribution < 1.29 is 27.9 Å². The number of carboxylic acids is 1. The summed E-state index contributed by atoms with van der Waals surface area (Å²) in [5, 5.41) is 10.9. The number of aromatic carboxylic acids is 1. The molecule has 2 N–H and O–H groups in total. The van der Waals surface area contributed by atoms with Crippen molar-refractivity contribution in [3.8, 4) is 0 Å². The second kappa shape index (κ2) is 5.34. The van der Waals surface area contributed by atoms with Gasteiger partial charge in [0.25, 0.3) is 5.91 Å². The van der Waals surface area contributed by atoms with Crippen LogP contribution in [0.2, 0.25) is 0 Å². The van der Waals surface area contributed by atoms with E-state index in [-0.39, 0.29) is 24.1 Å². The van der Waals surface area contributed by atoms with Crippen molar-refractivity contribution in [3.63, 3.8) is 0 Å². The molecule has 21 heavy (non-hydrogen) atoms. The fourth-order valence-electron chi connectivity index (χ4n) is 2.17. The van der Waals surface area contributed by atoms with Crippen LogP contribution in [0.1, 0.15) is 40.1 Å². The summed E-state index contributed by atoms with van der Waals surface area (Å²) in [5.41, 5.74) is -2.05. The van der Waals surface area contributed by atoms with Gasteiger partial charge in [0, 0.05) is 12.7 Å². The highest BCUT2D eigenvalue weighted by molar-refractivity contribution is 5.94. The Hall–Kier alpha value is -2.12. The molecule has 1 aliphatic carbocycles. The summed E-state index contributed by atoms with van der Waals surface area (Å²) < 4.78 is 38.8. The largest absolute Gasteiger partial charge is 0.477 e. The maximum absolute atomic E-state index is 12.9. The molecule has 1 heterocycles. The van der Waals surface area contributed by atoms with E-state index >= 15 is 0 Å². The number of carbonyl (C=O) groups is 2. The summed E-state index contributed by atoms with van der Waals surface area (Å²) in [6.07, 6.45) is -2.81. The molecule has 1 fully saturated rings. The minimum absolute atomic E-state index is 0.00693. The number of carboxylic acid groups (broad SMARTS) is 1. The summed E-state index contributed by atoms with van der Waals surface area (Å²) in [6.45, 7) is -0.476. The number of nitrogens with one attached hydrogen (secondary N) is 1. The van der Waals surface area contributed by atoms with Crippen LogP contribution in [-0.4, -0.2) is 34.7 Å². The molecule has 0 radical (unpaired) electrons. The average molecular weight is 302 g/mol. The minimum Gasteiger partial charge on any atom is -0.477 e. The molecule has 0 spiro atoms. The van der Waals surface area contributed by atoms with Gasteiger partial charge in [-0.05, 0) is 25.0 Å². The number of halogens is 3. The number of alkyl halides is 3. The first-order valence-corrected chi connectivity index (χ1v) is 6.29. The zero-order valence-corrected chi connectivity index (χ0v) is 10.9. The van der Waals surface area contributed by atoms with E-state index in [1.54, 1.807) is 0 Å². The Labute approximate surface area is 118 Å². The van der Waals surface area contributed by atoms with E-state index in [9.17, 15) is 22.8 Å². The van der Waals surface area contributed by atoms with Gasteiger partial charge in [0.1, 0.15) is 5.69 Å². The van der Waals surface area contributed by atoms with Gasteiger partial charge in [-0.2, -0.15) is 13.2 Å². The maximum Gasteiger partial charge on any atom is 0.396 e. The van der Waals surface area contributed by atoms with Gasteiger partial charge in [-0.15, -0.1) is 0 Å². The molecule has 0 aromatic carbocycles. The lowest BCUT2D eigenvalue weighted by atomic mass is 9.68. The molecule has 0 atom stereocenters. The highest BCUT2D eigenvalue weighted by Crippen LogP contribution is 2.52. The second-order valence-electron chi connectivity index (χ2n) is 5.05. The van der Waals surface area contributed by atoms with E-state index < -0.39 is 30.0 Å². The third-order valence-corrected chi connectivity index (χ3v) is 3.74. The standard InChI is InChI=1S/C13H13F3N2O3/c14-13(15,16)12(4-1-5-12)7-18-10(19)8-2-3-9(11(20)21)17-6-8/h2-3,6H,1,4-5,7H2,(H,18,19)(H,20,21). The smallest absolute Gasteiger partial charge is 0.396 e. The summed E-state index contributed by atoms with van der Waals surface area (Å²) in [4.78, 5) is 25.9. The van der Waals surface area contributed by atoms with Crippen molar-refractivity contribution >= 4 is 11.9 Å². The lowest BCUT2D eigenvalue weighted by molar-refractivity contribution is -0.247. The summed E-state index contributed by atoms with van der Waals surface area (Å²) in [6, 6.07) is 2.34. The van der Waals surface area contributed by atoms with Crippen LogP contribution in [0.3, 0.4) is 0 Å². The number of amides is 1. The SMILES string of the molecule is O=C(NCC1(C(F)(F)F)CCC1)c1ccc(C(=O)O)nc1. The predicted octanol–water partition coefficient (Wildman–Crippen LogP) is 2.24. The molecule has 1 saturated carbocycles. The first kappa shape index (κ1) is 15.3. The molecule has 1 aromatic rings. The van der Waals surface area contributed by atoms with Crippen molar-refractivity contribution in [2.75, 3.05) is 6.54 Å². The zero-order chi connectivity index (χ0) is 15.7. The Morgan fingerprint density at radius 2 is 2.00 bits per heavy atom. The van der Waals surface area contributed by atoms with Gasteiger partial charge in [0.05, 0.1) is 11.0 Å². The molecule has 1 aliphatic rings. The maximum atomic E-state index is 12.9. The minimum atomic E-state index is -4.34. The number of aromatic nitrogens is 1. The van der Waals surface area contributed by atoms with Gasteiger partial charge in [-0.1, -0.05) is 6.42 Å². The highest BCUT2D eigenvalue weighted by atomic mass is 19.4. The fourth-order valence-corrected chi connectivity index (χ4v) is 2.17. The molecule has 1 amide bonds. The summed E-state index contributed by atoms with van der Waals surface area (Å²) in [5.74, 6) is -1.94. The van der Waals surface area contributed by atoms with Crippen LogP contribution in [0.15, 0.2) is 18.3 Å². The highest BCUT2D eigenvalue weighted by Gasteiger charge is 2.58. The monoisotopic (exact) mass is 302 g/mol. The zero-order valence-electron chi connectivity index (χ0n) is 10.9. The quantitative estimate of drug-likeness (QED) is 0.894. The normalized spacial score (nSPS) is 16.9. The molecule has 1 aromatic heterocycles. The topological polar surface area (TPSA) is 79.3 Å². The predicted molar refractivity (Wildman–Crippen MR) is 65.9 cm³/mol. The molecular weight excluding hydrogens is 289 g/mol. The van der Waals surface area contributed by atoms with E-state index in [1.165, 1.54) is 6.07 Å². The fraction of sp³-hybridized carbons (Fsp3) is 0.462. The van der Waals surface area contributed by atoms with E-state index in [4.69, 9.17) is 5.11 Å². The van der Waals surface area contributed by atoms with E-state index in [1.807, 2.05) is 0 Å². The molecule has 0 bridgehead atoms. The molecule has 5 nitrogen and oxygen atoms in total. The number of nitrogens with zero attached hydrogens (tertiary/aromatic N) is 1. The van der Waals surface area contributed by atoms with Crippen molar-refractivity contribution in [3.05, 3.63) is 29.6 Å². The average Bonchev–Trinajstić information content (AvgIpc) is 2.35. The first-order valence-electron chi connectivity index (χ1n) is 6.29. The van der Waals surface area contributed by atoms with Crippen molar-refractivity contribution in [2.45, 2.75) is 25.4 Å². The lowest BCUT2D eigenvalue weighted by Gasteiger charge is -2.43. The van der Waals surface area contributed by atoms with Crippen LogP contribution in [0.25, 0.3) is 0 Å².